The average Bonchev–Trinajstić information content (AvgIpc) is 2.91. The van der Waals surface area contributed by atoms with Crippen molar-refractivity contribution >= 4 is 23.2 Å². The SMILES string of the molecule is CN(Cc1ncc[nH]1)C(=O)c1cc([N+](=O)[O-])ccc1Cl. The summed E-state index contributed by atoms with van der Waals surface area (Å²) in [4.78, 5) is 30.7. The molecule has 0 aliphatic carbocycles. The number of nitro benzene ring substituents is 1. The number of aromatic nitrogens is 2. The minimum absolute atomic E-state index is 0.0925. The van der Waals surface area contributed by atoms with E-state index in [9.17, 15) is 14.9 Å². The Kier molecular flexibility index (Phi) is 3.99. The summed E-state index contributed by atoms with van der Waals surface area (Å²) in [5, 5.41) is 10.9. The highest BCUT2D eigenvalue weighted by Crippen LogP contribution is 2.23. The van der Waals surface area contributed by atoms with Gasteiger partial charge in [0.15, 0.2) is 0 Å². The molecule has 1 amide bonds. The lowest BCUT2D eigenvalue weighted by Crippen LogP contribution is -2.27. The number of hydrogen-bond donors (Lipinski definition) is 1. The molecule has 0 saturated heterocycles. The van der Waals surface area contributed by atoms with E-state index in [4.69, 9.17) is 11.6 Å². The molecule has 0 radical (unpaired) electrons. The van der Waals surface area contributed by atoms with Crippen LogP contribution in [0.1, 0.15) is 16.2 Å². The van der Waals surface area contributed by atoms with Gasteiger partial charge in [0.25, 0.3) is 11.6 Å². The molecule has 1 heterocycles. The van der Waals surface area contributed by atoms with Gasteiger partial charge < -0.3 is 9.88 Å². The highest BCUT2D eigenvalue weighted by atomic mass is 35.5. The Morgan fingerprint density at radius 2 is 2.30 bits per heavy atom. The van der Waals surface area contributed by atoms with E-state index in [0.29, 0.717) is 5.82 Å². The highest BCUT2D eigenvalue weighted by molar-refractivity contribution is 6.33. The molecule has 1 N–H and O–H groups in total. The first-order valence-corrected chi connectivity index (χ1v) is 6.04. The quantitative estimate of drug-likeness (QED) is 0.691. The second-order valence-electron chi connectivity index (χ2n) is 4.12. The van der Waals surface area contributed by atoms with Crippen LogP contribution in [0.15, 0.2) is 30.6 Å². The molecule has 0 aliphatic rings. The van der Waals surface area contributed by atoms with Gasteiger partial charge in [0.2, 0.25) is 0 Å². The molecule has 1 aromatic heterocycles. The largest absolute Gasteiger partial charge is 0.347 e. The molecule has 0 unspecified atom stereocenters. The summed E-state index contributed by atoms with van der Waals surface area (Å²) in [6.45, 7) is 0.255. The van der Waals surface area contributed by atoms with Gasteiger partial charge in [0.1, 0.15) is 5.82 Å². The Hall–Kier alpha value is -2.41. The van der Waals surface area contributed by atoms with Gasteiger partial charge in [-0.2, -0.15) is 0 Å². The van der Waals surface area contributed by atoms with Crippen LogP contribution in [0, 0.1) is 10.1 Å². The van der Waals surface area contributed by atoms with Crippen molar-refractivity contribution in [1.82, 2.24) is 14.9 Å². The van der Waals surface area contributed by atoms with E-state index in [2.05, 4.69) is 9.97 Å². The second kappa shape index (κ2) is 5.70. The zero-order chi connectivity index (χ0) is 14.7. The van der Waals surface area contributed by atoms with Crippen molar-refractivity contribution in [2.24, 2.45) is 0 Å². The van der Waals surface area contributed by atoms with E-state index in [-0.39, 0.29) is 22.8 Å². The van der Waals surface area contributed by atoms with E-state index >= 15 is 0 Å². The molecule has 2 rings (SSSR count). The Bertz CT molecular complexity index is 642. The van der Waals surface area contributed by atoms with Gasteiger partial charge in [-0.25, -0.2) is 4.98 Å². The van der Waals surface area contributed by atoms with Crippen molar-refractivity contribution in [3.8, 4) is 0 Å². The summed E-state index contributed by atoms with van der Waals surface area (Å²) < 4.78 is 0. The van der Waals surface area contributed by atoms with Crippen molar-refractivity contribution in [1.29, 1.82) is 0 Å². The third-order valence-electron chi connectivity index (χ3n) is 2.68. The number of amides is 1. The topological polar surface area (TPSA) is 92.1 Å². The van der Waals surface area contributed by atoms with E-state index < -0.39 is 10.8 Å². The average molecular weight is 295 g/mol. The predicted octanol–water partition coefficient (Wildman–Crippen LogP) is 2.24. The molecule has 0 fully saturated rings. The summed E-state index contributed by atoms with van der Waals surface area (Å²) in [5.41, 5.74) is -0.0842. The molecule has 8 heteroatoms. The predicted molar refractivity (Wildman–Crippen MR) is 72.5 cm³/mol. The maximum atomic E-state index is 12.2. The third-order valence-corrected chi connectivity index (χ3v) is 3.01. The number of nitrogens with zero attached hydrogens (tertiary/aromatic N) is 3. The number of carbonyl (C=O) groups excluding carboxylic acids is 1. The number of nitro groups is 1. The lowest BCUT2D eigenvalue weighted by atomic mass is 10.1. The van der Waals surface area contributed by atoms with Crippen LogP contribution in [0.2, 0.25) is 5.02 Å². The number of benzene rings is 1. The summed E-state index contributed by atoms with van der Waals surface area (Å²) in [7, 11) is 1.57. The Morgan fingerprint density at radius 3 is 2.90 bits per heavy atom. The van der Waals surface area contributed by atoms with Gasteiger partial charge in [-0.1, -0.05) is 11.6 Å². The fourth-order valence-corrected chi connectivity index (χ4v) is 1.88. The lowest BCUT2D eigenvalue weighted by molar-refractivity contribution is -0.384. The molecule has 7 nitrogen and oxygen atoms in total. The van der Waals surface area contributed by atoms with Gasteiger partial charge in [0.05, 0.1) is 22.1 Å². The molecule has 0 saturated carbocycles. The normalized spacial score (nSPS) is 10.3. The molecule has 1 aromatic carbocycles. The molecule has 104 valence electrons. The van der Waals surface area contributed by atoms with Crippen molar-refractivity contribution in [2.75, 3.05) is 7.05 Å². The number of rotatable bonds is 4. The Balaban J connectivity index is 2.23. The Morgan fingerprint density at radius 1 is 1.55 bits per heavy atom. The fourth-order valence-electron chi connectivity index (χ4n) is 1.68. The van der Waals surface area contributed by atoms with Gasteiger partial charge >= 0.3 is 0 Å². The molecule has 0 atom stereocenters. The standard InChI is InChI=1S/C12H11ClN4O3/c1-16(7-11-14-4-5-15-11)12(18)9-6-8(17(19)20)2-3-10(9)13/h2-6H,7H2,1H3,(H,14,15). The maximum Gasteiger partial charge on any atom is 0.270 e. The van der Waals surface area contributed by atoms with Crippen LogP contribution in [-0.4, -0.2) is 32.7 Å². The molecule has 20 heavy (non-hydrogen) atoms. The summed E-state index contributed by atoms with van der Waals surface area (Å²) in [5.74, 6) is 0.206. The number of non-ortho nitro benzene ring substituents is 1. The summed E-state index contributed by atoms with van der Waals surface area (Å²) >= 11 is 5.93. The molecule has 0 spiro atoms. The van der Waals surface area contributed by atoms with Gasteiger partial charge in [-0.05, 0) is 6.07 Å². The maximum absolute atomic E-state index is 12.2. The molecular formula is C12H11ClN4O3. The molecule has 2 aromatic rings. The third kappa shape index (κ3) is 2.94. The van der Waals surface area contributed by atoms with E-state index in [1.807, 2.05) is 0 Å². The van der Waals surface area contributed by atoms with Crippen LogP contribution >= 0.6 is 11.6 Å². The van der Waals surface area contributed by atoms with Crippen molar-refractivity contribution < 1.29 is 9.72 Å². The molecule has 0 aliphatic heterocycles. The monoisotopic (exact) mass is 294 g/mol. The van der Waals surface area contributed by atoms with Crippen molar-refractivity contribution in [3.05, 3.63) is 57.1 Å². The zero-order valence-electron chi connectivity index (χ0n) is 10.5. The lowest BCUT2D eigenvalue weighted by Gasteiger charge is -2.16. The smallest absolute Gasteiger partial charge is 0.270 e. The van der Waals surface area contributed by atoms with Gasteiger partial charge in [0, 0.05) is 31.6 Å². The summed E-state index contributed by atoms with van der Waals surface area (Å²) in [6, 6.07) is 3.77. The van der Waals surface area contributed by atoms with Gasteiger partial charge in [-0.3, -0.25) is 14.9 Å². The first-order chi connectivity index (χ1) is 9.49. The van der Waals surface area contributed by atoms with Crippen LogP contribution in [0.25, 0.3) is 0 Å². The van der Waals surface area contributed by atoms with Crippen molar-refractivity contribution in [2.45, 2.75) is 6.54 Å². The van der Waals surface area contributed by atoms with E-state index in [1.54, 1.807) is 19.4 Å². The second-order valence-corrected chi connectivity index (χ2v) is 4.53. The number of hydrogen-bond acceptors (Lipinski definition) is 4. The van der Waals surface area contributed by atoms with Crippen LogP contribution in [0.3, 0.4) is 0 Å². The number of nitrogens with one attached hydrogen (secondary N) is 1. The number of aromatic amines is 1. The van der Waals surface area contributed by atoms with Crippen LogP contribution in [0.5, 0.6) is 0 Å². The number of imidazole rings is 1. The van der Waals surface area contributed by atoms with Crippen molar-refractivity contribution in [3.63, 3.8) is 0 Å². The van der Waals surface area contributed by atoms with E-state index in [1.165, 1.54) is 23.1 Å². The fraction of sp³-hybridized carbons (Fsp3) is 0.167. The molecule has 0 bridgehead atoms. The minimum Gasteiger partial charge on any atom is -0.347 e. The van der Waals surface area contributed by atoms with Crippen LogP contribution in [-0.2, 0) is 6.54 Å². The first kappa shape index (κ1) is 14.0. The number of carbonyl (C=O) groups is 1. The number of H-pyrrole nitrogens is 1. The number of halogens is 1. The zero-order valence-corrected chi connectivity index (χ0v) is 11.3. The Labute approximate surface area is 119 Å². The minimum atomic E-state index is -0.570. The summed E-state index contributed by atoms with van der Waals surface area (Å²) in [6.07, 6.45) is 3.22. The van der Waals surface area contributed by atoms with E-state index in [0.717, 1.165) is 0 Å². The van der Waals surface area contributed by atoms with Gasteiger partial charge in [-0.15, -0.1) is 0 Å². The highest BCUT2D eigenvalue weighted by Gasteiger charge is 2.19. The van der Waals surface area contributed by atoms with Crippen LogP contribution in [0.4, 0.5) is 5.69 Å². The first-order valence-electron chi connectivity index (χ1n) is 5.66. The molecular weight excluding hydrogens is 284 g/mol. The van der Waals surface area contributed by atoms with Crippen LogP contribution < -0.4 is 0 Å².